The summed E-state index contributed by atoms with van der Waals surface area (Å²) < 4.78 is 39.9. The van der Waals surface area contributed by atoms with Crippen LogP contribution in [0, 0.1) is 0 Å². The largest absolute Gasteiger partial charge is 0.573 e. The third-order valence-electron chi connectivity index (χ3n) is 2.78. The number of halogens is 5. The van der Waals surface area contributed by atoms with E-state index in [9.17, 15) is 18.0 Å². The average Bonchev–Trinajstić information content (AvgIpc) is 2.50. The molecule has 0 saturated heterocycles. The van der Waals surface area contributed by atoms with Crippen LogP contribution < -0.4 is 10.1 Å². The van der Waals surface area contributed by atoms with Gasteiger partial charge in [0.2, 0.25) is 0 Å². The number of allylic oxidation sites excluding steroid dienone is 1. The first kappa shape index (κ1) is 18.2. The first-order chi connectivity index (χ1) is 11.2. The fourth-order valence-corrected chi connectivity index (χ4v) is 2.01. The number of anilines is 1. The van der Waals surface area contributed by atoms with Crippen molar-refractivity contribution in [3.05, 3.63) is 70.3 Å². The normalized spacial score (nSPS) is 11.5. The lowest BCUT2D eigenvalue weighted by atomic mass is 10.1. The Bertz CT molecular complexity index is 759. The topological polar surface area (TPSA) is 38.3 Å². The van der Waals surface area contributed by atoms with Crippen LogP contribution in [-0.4, -0.2) is 12.1 Å². The predicted molar refractivity (Wildman–Crippen MR) is 86.7 cm³/mol. The third-order valence-corrected chi connectivity index (χ3v) is 3.52. The van der Waals surface area contributed by atoms with Crippen molar-refractivity contribution in [2.45, 2.75) is 6.36 Å². The highest BCUT2D eigenvalue weighted by atomic mass is 35.5. The zero-order chi connectivity index (χ0) is 17.7. The van der Waals surface area contributed by atoms with E-state index in [1.807, 2.05) is 0 Å². The van der Waals surface area contributed by atoms with Crippen molar-refractivity contribution in [1.29, 1.82) is 0 Å². The summed E-state index contributed by atoms with van der Waals surface area (Å²) in [6, 6.07) is 9.57. The van der Waals surface area contributed by atoms with Gasteiger partial charge in [-0.1, -0.05) is 23.2 Å². The minimum Gasteiger partial charge on any atom is -0.406 e. The summed E-state index contributed by atoms with van der Waals surface area (Å²) in [6.45, 7) is 0. The quantitative estimate of drug-likeness (QED) is 0.537. The molecule has 0 atom stereocenters. The van der Waals surface area contributed by atoms with Gasteiger partial charge in [0.15, 0.2) is 5.78 Å². The molecule has 0 amide bonds. The van der Waals surface area contributed by atoms with E-state index < -0.39 is 6.36 Å². The van der Waals surface area contributed by atoms with Gasteiger partial charge in [-0.3, -0.25) is 4.79 Å². The van der Waals surface area contributed by atoms with E-state index in [0.29, 0.717) is 16.3 Å². The molecule has 0 aromatic heterocycles. The first-order valence-electron chi connectivity index (χ1n) is 6.53. The van der Waals surface area contributed by atoms with E-state index in [1.165, 1.54) is 42.6 Å². The lowest BCUT2D eigenvalue weighted by molar-refractivity contribution is -0.274. The Morgan fingerprint density at radius 1 is 1.04 bits per heavy atom. The molecule has 2 rings (SSSR count). The number of carbonyl (C=O) groups excluding carboxylic acids is 1. The molecule has 0 aliphatic carbocycles. The molecule has 0 spiro atoms. The van der Waals surface area contributed by atoms with Gasteiger partial charge in [-0.2, -0.15) is 0 Å². The summed E-state index contributed by atoms with van der Waals surface area (Å²) in [6.07, 6.45) is -2.11. The van der Waals surface area contributed by atoms with Gasteiger partial charge >= 0.3 is 6.36 Å². The van der Waals surface area contributed by atoms with Crippen molar-refractivity contribution < 1.29 is 22.7 Å². The predicted octanol–water partition coefficient (Wildman–Crippen LogP) is 5.70. The standard InChI is InChI=1S/C16H10Cl2F3NO2/c17-13-6-1-10(9-14(13)18)15(23)7-8-22-11-2-4-12(5-3-11)24-16(19,20)21/h1-9,22H/b8-7-. The van der Waals surface area contributed by atoms with E-state index >= 15 is 0 Å². The lowest BCUT2D eigenvalue weighted by Gasteiger charge is -2.09. The molecular formula is C16H10Cl2F3NO2. The second-order valence-electron chi connectivity index (χ2n) is 4.54. The first-order valence-corrected chi connectivity index (χ1v) is 7.28. The highest BCUT2D eigenvalue weighted by molar-refractivity contribution is 6.42. The van der Waals surface area contributed by atoms with Crippen molar-refractivity contribution >= 4 is 34.7 Å². The fraction of sp³-hybridized carbons (Fsp3) is 0.0625. The number of rotatable bonds is 5. The molecule has 0 fully saturated rings. The van der Waals surface area contributed by atoms with E-state index in [-0.39, 0.29) is 16.6 Å². The Hall–Kier alpha value is -2.18. The number of benzene rings is 2. The Balaban J connectivity index is 1.95. The molecule has 0 saturated carbocycles. The lowest BCUT2D eigenvalue weighted by Crippen LogP contribution is -2.16. The SMILES string of the molecule is O=C(/C=C\Nc1ccc(OC(F)(F)F)cc1)c1ccc(Cl)c(Cl)c1. The summed E-state index contributed by atoms with van der Waals surface area (Å²) >= 11 is 11.6. The molecule has 0 heterocycles. The van der Waals surface area contributed by atoms with Crippen molar-refractivity contribution in [2.24, 2.45) is 0 Å². The molecule has 24 heavy (non-hydrogen) atoms. The van der Waals surface area contributed by atoms with Gasteiger partial charge in [0, 0.05) is 23.5 Å². The van der Waals surface area contributed by atoms with Crippen LogP contribution in [0.2, 0.25) is 10.0 Å². The van der Waals surface area contributed by atoms with E-state index in [1.54, 1.807) is 0 Å². The van der Waals surface area contributed by atoms with Gasteiger partial charge in [-0.15, -0.1) is 13.2 Å². The molecule has 126 valence electrons. The second-order valence-corrected chi connectivity index (χ2v) is 5.36. The average molecular weight is 376 g/mol. The molecule has 0 aliphatic rings. The van der Waals surface area contributed by atoms with Crippen LogP contribution in [0.1, 0.15) is 10.4 Å². The van der Waals surface area contributed by atoms with Crippen LogP contribution >= 0.6 is 23.2 Å². The van der Waals surface area contributed by atoms with E-state index in [4.69, 9.17) is 23.2 Å². The number of carbonyl (C=O) groups is 1. The van der Waals surface area contributed by atoms with Gasteiger partial charge in [0.1, 0.15) is 5.75 Å². The van der Waals surface area contributed by atoms with Crippen LogP contribution in [0.25, 0.3) is 0 Å². The van der Waals surface area contributed by atoms with Crippen LogP contribution in [0.5, 0.6) is 5.75 Å². The number of ketones is 1. The molecule has 0 unspecified atom stereocenters. The monoisotopic (exact) mass is 375 g/mol. The minimum atomic E-state index is -4.73. The molecule has 3 nitrogen and oxygen atoms in total. The minimum absolute atomic E-state index is 0.268. The van der Waals surface area contributed by atoms with Crippen molar-refractivity contribution in [2.75, 3.05) is 5.32 Å². The summed E-state index contributed by atoms with van der Waals surface area (Å²) in [5.74, 6) is -0.637. The molecule has 2 aromatic carbocycles. The maximum absolute atomic E-state index is 12.0. The van der Waals surface area contributed by atoms with Gasteiger partial charge < -0.3 is 10.1 Å². The number of nitrogens with one attached hydrogen (secondary N) is 1. The highest BCUT2D eigenvalue weighted by Gasteiger charge is 2.30. The van der Waals surface area contributed by atoms with Gasteiger partial charge in [0.25, 0.3) is 0 Å². The molecule has 0 radical (unpaired) electrons. The number of ether oxygens (including phenoxy) is 1. The van der Waals surface area contributed by atoms with Crippen LogP contribution in [0.4, 0.5) is 18.9 Å². The molecule has 0 bridgehead atoms. The molecule has 8 heteroatoms. The Labute approximate surface area is 145 Å². The summed E-state index contributed by atoms with van der Waals surface area (Å²) in [4.78, 5) is 11.9. The zero-order valence-electron chi connectivity index (χ0n) is 11.9. The number of hydrogen-bond donors (Lipinski definition) is 1. The highest BCUT2D eigenvalue weighted by Crippen LogP contribution is 2.24. The van der Waals surface area contributed by atoms with Gasteiger partial charge in [-0.05, 0) is 42.5 Å². The summed E-state index contributed by atoms with van der Waals surface area (Å²) in [5, 5.41) is 3.38. The van der Waals surface area contributed by atoms with Crippen molar-refractivity contribution in [3.63, 3.8) is 0 Å². The second kappa shape index (κ2) is 7.59. The van der Waals surface area contributed by atoms with Crippen LogP contribution in [0.3, 0.4) is 0 Å². The van der Waals surface area contributed by atoms with E-state index in [2.05, 4.69) is 10.1 Å². The Kier molecular flexibility index (Phi) is 5.75. The smallest absolute Gasteiger partial charge is 0.406 e. The third kappa shape index (κ3) is 5.47. The maximum atomic E-state index is 12.0. The Morgan fingerprint density at radius 2 is 1.71 bits per heavy atom. The molecule has 2 aromatic rings. The summed E-state index contributed by atoms with van der Waals surface area (Å²) in [5.41, 5.74) is 0.846. The van der Waals surface area contributed by atoms with Crippen molar-refractivity contribution in [1.82, 2.24) is 0 Å². The summed E-state index contributed by atoms with van der Waals surface area (Å²) in [7, 11) is 0. The molecule has 1 N–H and O–H groups in total. The Morgan fingerprint density at radius 3 is 2.29 bits per heavy atom. The van der Waals surface area contributed by atoms with Crippen LogP contribution in [-0.2, 0) is 0 Å². The number of alkyl halides is 3. The fourth-order valence-electron chi connectivity index (χ4n) is 1.71. The molecular weight excluding hydrogens is 366 g/mol. The van der Waals surface area contributed by atoms with Crippen LogP contribution in [0.15, 0.2) is 54.7 Å². The molecule has 0 aliphatic heterocycles. The van der Waals surface area contributed by atoms with E-state index in [0.717, 1.165) is 12.1 Å². The maximum Gasteiger partial charge on any atom is 0.573 e. The van der Waals surface area contributed by atoms with Crippen molar-refractivity contribution in [3.8, 4) is 5.75 Å². The number of hydrogen-bond acceptors (Lipinski definition) is 3. The van der Waals surface area contributed by atoms with Gasteiger partial charge in [-0.25, -0.2) is 0 Å². The zero-order valence-corrected chi connectivity index (χ0v) is 13.4. The van der Waals surface area contributed by atoms with Gasteiger partial charge in [0.05, 0.1) is 10.0 Å².